The number of para-hydroxylation sites is 1. The quantitative estimate of drug-likeness (QED) is 0.241. The van der Waals surface area contributed by atoms with E-state index < -0.39 is 11.6 Å². The number of carbonyl (C=O) groups excluding carboxylic acids is 4. The Hall–Kier alpha value is -6.15. The average molecular weight is 590 g/mol. The summed E-state index contributed by atoms with van der Waals surface area (Å²) >= 11 is 0. The summed E-state index contributed by atoms with van der Waals surface area (Å²) in [4.78, 5) is 75.0. The minimum absolute atomic E-state index is 0.0769. The first kappa shape index (κ1) is 26.5. The summed E-state index contributed by atoms with van der Waals surface area (Å²) in [5.74, 6) is -1.44. The lowest BCUT2D eigenvalue weighted by atomic mass is 9.80. The molecule has 2 aliphatic carbocycles. The molecule has 2 N–H and O–H groups in total. The van der Waals surface area contributed by atoms with Crippen LogP contribution >= 0.6 is 0 Å². The minimum atomic E-state index is -0.398. The topological polar surface area (TPSA) is 116 Å². The highest BCUT2D eigenvalue weighted by molar-refractivity contribution is 6.35. The lowest BCUT2D eigenvalue weighted by Gasteiger charge is -2.27. The fourth-order valence-corrected chi connectivity index (χ4v) is 6.60. The van der Waals surface area contributed by atoms with Gasteiger partial charge in [-0.3, -0.25) is 24.0 Å². The third-order valence-corrected chi connectivity index (χ3v) is 8.68. The first-order valence-corrected chi connectivity index (χ1v) is 14.4. The molecular weight excluding hydrogens is 566 g/mol. The number of aromatic nitrogens is 1. The number of fused-ring (bicyclic) bond motifs is 7. The number of ketones is 4. The van der Waals surface area contributed by atoms with Crippen LogP contribution in [0.1, 0.15) is 63.7 Å². The smallest absolute Gasteiger partial charge is 0.197 e. The summed E-state index contributed by atoms with van der Waals surface area (Å²) in [6, 6.07) is 25.2. The number of aromatic amines is 1. The number of carbonyl (C=O) groups is 4. The van der Waals surface area contributed by atoms with Gasteiger partial charge in [0, 0.05) is 58.3 Å². The Morgan fingerprint density at radius 2 is 1.04 bits per heavy atom. The van der Waals surface area contributed by atoms with Gasteiger partial charge >= 0.3 is 0 Å². The van der Waals surface area contributed by atoms with Gasteiger partial charge in [0.05, 0.1) is 39.1 Å². The van der Waals surface area contributed by atoms with Gasteiger partial charge in [-0.1, -0.05) is 60.7 Å². The Morgan fingerprint density at radius 3 is 1.64 bits per heavy atom. The van der Waals surface area contributed by atoms with Crippen molar-refractivity contribution in [2.24, 2.45) is 0 Å². The SMILES string of the molecule is CN(C)c1ccc(Nc2cc3c(=O)c4ccccc4[nH]c3c3c2C(=O)c2ccccc2C3=O)c2c1C(=O)c1ccccc1C2=O. The van der Waals surface area contributed by atoms with Crippen LogP contribution in [0.4, 0.5) is 17.1 Å². The third kappa shape index (κ3) is 3.62. The maximum absolute atomic E-state index is 14.2. The van der Waals surface area contributed by atoms with Gasteiger partial charge in [0.1, 0.15) is 0 Å². The van der Waals surface area contributed by atoms with Gasteiger partial charge in [-0.25, -0.2) is 0 Å². The number of nitrogens with zero attached hydrogens (tertiary/aromatic N) is 1. The van der Waals surface area contributed by atoms with Crippen molar-refractivity contribution >= 4 is 62.0 Å². The van der Waals surface area contributed by atoms with E-state index in [0.717, 1.165) is 0 Å². The van der Waals surface area contributed by atoms with E-state index in [2.05, 4.69) is 10.3 Å². The van der Waals surface area contributed by atoms with E-state index in [9.17, 15) is 24.0 Å². The summed E-state index contributed by atoms with van der Waals surface area (Å²) in [5, 5.41) is 3.88. The summed E-state index contributed by atoms with van der Waals surface area (Å²) in [6.45, 7) is 0. The van der Waals surface area contributed by atoms with Crippen LogP contribution < -0.4 is 15.6 Å². The molecule has 0 bridgehead atoms. The van der Waals surface area contributed by atoms with Crippen molar-refractivity contribution in [3.05, 3.63) is 146 Å². The largest absolute Gasteiger partial charge is 0.377 e. The monoisotopic (exact) mass is 589 g/mol. The summed E-state index contributed by atoms with van der Waals surface area (Å²) in [6.07, 6.45) is 0. The summed E-state index contributed by atoms with van der Waals surface area (Å²) in [5.41, 5.74) is 3.13. The predicted molar refractivity (Wildman–Crippen MR) is 173 cm³/mol. The highest BCUT2D eigenvalue weighted by atomic mass is 16.1. The van der Waals surface area contributed by atoms with Gasteiger partial charge in [0.25, 0.3) is 0 Å². The Morgan fingerprint density at radius 1 is 0.533 bits per heavy atom. The fraction of sp³-hybridized carbons (Fsp3) is 0.0541. The molecular formula is C37H23N3O5. The molecule has 0 fully saturated rings. The van der Waals surface area contributed by atoms with Crippen molar-refractivity contribution in [3.8, 4) is 0 Å². The molecule has 8 nitrogen and oxygen atoms in total. The van der Waals surface area contributed by atoms with E-state index in [1.165, 1.54) is 0 Å². The van der Waals surface area contributed by atoms with Gasteiger partial charge in [-0.15, -0.1) is 0 Å². The molecule has 0 radical (unpaired) electrons. The molecule has 0 unspecified atom stereocenters. The van der Waals surface area contributed by atoms with Crippen LogP contribution in [0, 0.1) is 0 Å². The van der Waals surface area contributed by atoms with Crippen molar-refractivity contribution < 1.29 is 19.2 Å². The van der Waals surface area contributed by atoms with Crippen molar-refractivity contribution in [3.63, 3.8) is 0 Å². The number of anilines is 3. The summed E-state index contributed by atoms with van der Waals surface area (Å²) in [7, 11) is 3.58. The number of nitrogens with one attached hydrogen (secondary N) is 2. The molecule has 45 heavy (non-hydrogen) atoms. The Kier molecular flexibility index (Phi) is 5.54. The lowest BCUT2D eigenvalue weighted by Crippen LogP contribution is -2.26. The van der Waals surface area contributed by atoms with Gasteiger partial charge in [0.15, 0.2) is 28.6 Å². The molecule has 1 heterocycles. The van der Waals surface area contributed by atoms with Crippen LogP contribution in [-0.4, -0.2) is 42.2 Å². The van der Waals surface area contributed by atoms with Gasteiger partial charge in [0.2, 0.25) is 0 Å². The number of hydrogen-bond acceptors (Lipinski definition) is 7. The molecule has 0 spiro atoms. The molecule has 8 heteroatoms. The molecule has 0 saturated heterocycles. The van der Waals surface area contributed by atoms with Crippen LogP contribution in [-0.2, 0) is 0 Å². The van der Waals surface area contributed by atoms with Crippen LogP contribution in [0.5, 0.6) is 0 Å². The molecule has 2 aliphatic rings. The van der Waals surface area contributed by atoms with Crippen LogP contribution in [0.2, 0.25) is 0 Å². The van der Waals surface area contributed by atoms with Crippen molar-refractivity contribution in [2.45, 2.75) is 0 Å². The molecule has 6 aromatic rings. The average Bonchev–Trinajstić information content (AvgIpc) is 3.06. The van der Waals surface area contributed by atoms with E-state index in [-0.39, 0.29) is 78.2 Å². The van der Waals surface area contributed by atoms with Crippen LogP contribution in [0.3, 0.4) is 0 Å². The number of rotatable bonds is 3. The van der Waals surface area contributed by atoms with Gasteiger partial charge < -0.3 is 15.2 Å². The van der Waals surface area contributed by atoms with Crippen molar-refractivity contribution in [1.29, 1.82) is 0 Å². The van der Waals surface area contributed by atoms with Crippen LogP contribution in [0.15, 0.2) is 95.8 Å². The molecule has 1 aromatic heterocycles. The Bertz CT molecular complexity index is 2440. The predicted octanol–water partition coefficient (Wildman–Crippen LogP) is 6.04. The highest BCUT2D eigenvalue weighted by Crippen LogP contribution is 2.42. The first-order chi connectivity index (χ1) is 21.8. The molecule has 216 valence electrons. The van der Waals surface area contributed by atoms with Crippen molar-refractivity contribution in [2.75, 3.05) is 24.3 Å². The number of H-pyrrole nitrogens is 1. The second-order valence-corrected chi connectivity index (χ2v) is 11.4. The zero-order chi connectivity index (χ0) is 31.1. The standard InChI is InChI=1S/C37H23N3O5/c1-40(2)27-16-15-25(28-30(27)36(44)20-11-5-3-9-18(20)34(28)42)38-26-17-23-32(39-24-14-8-7-13-22(24)33(23)41)31-29(26)35(43)19-10-4-6-12-21(19)37(31)45/h3-17,38H,1-2H3,(H,39,41). The zero-order valence-corrected chi connectivity index (χ0v) is 24.1. The lowest BCUT2D eigenvalue weighted by molar-refractivity contribution is 0.0980. The Balaban J connectivity index is 1.43. The normalized spacial score (nSPS) is 13.4. The van der Waals surface area contributed by atoms with E-state index in [1.54, 1.807) is 110 Å². The number of pyridine rings is 1. The molecule has 0 saturated carbocycles. The molecule has 8 rings (SSSR count). The van der Waals surface area contributed by atoms with Gasteiger partial charge in [-0.05, 0) is 30.3 Å². The number of benzene rings is 5. The minimum Gasteiger partial charge on any atom is -0.377 e. The molecule has 0 amide bonds. The molecule has 0 atom stereocenters. The first-order valence-electron chi connectivity index (χ1n) is 14.4. The second-order valence-electron chi connectivity index (χ2n) is 11.4. The molecule has 5 aromatic carbocycles. The van der Waals surface area contributed by atoms with Crippen molar-refractivity contribution in [1.82, 2.24) is 4.98 Å². The fourth-order valence-electron chi connectivity index (χ4n) is 6.60. The van der Waals surface area contributed by atoms with Crippen LogP contribution in [0.25, 0.3) is 21.8 Å². The maximum atomic E-state index is 14.2. The number of hydrogen-bond donors (Lipinski definition) is 2. The second kappa shape index (κ2) is 9.42. The van der Waals surface area contributed by atoms with E-state index >= 15 is 0 Å². The third-order valence-electron chi connectivity index (χ3n) is 8.68. The molecule has 0 aliphatic heterocycles. The van der Waals surface area contributed by atoms with E-state index in [0.29, 0.717) is 22.2 Å². The van der Waals surface area contributed by atoms with E-state index in [4.69, 9.17) is 0 Å². The highest BCUT2D eigenvalue weighted by Gasteiger charge is 2.37. The van der Waals surface area contributed by atoms with Gasteiger partial charge in [-0.2, -0.15) is 0 Å². The zero-order valence-electron chi connectivity index (χ0n) is 24.1. The Labute approximate surface area is 255 Å². The maximum Gasteiger partial charge on any atom is 0.197 e. The summed E-state index contributed by atoms with van der Waals surface area (Å²) < 4.78 is 0. The van der Waals surface area contributed by atoms with E-state index in [1.807, 2.05) is 0 Å².